The van der Waals surface area contributed by atoms with E-state index in [4.69, 9.17) is 9.47 Å². The van der Waals surface area contributed by atoms with E-state index in [2.05, 4.69) is 30.9 Å². The quantitative estimate of drug-likeness (QED) is 0.815. The predicted octanol–water partition coefficient (Wildman–Crippen LogP) is 4.26. The molecule has 0 saturated carbocycles. The van der Waals surface area contributed by atoms with Gasteiger partial charge in [0.25, 0.3) is 0 Å². The summed E-state index contributed by atoms with van der Waals surface area (Å²) in [5, 5.41) is 0. The summed E-state index contributed by atoms with van der Waals surface area (Å²) < 4.78 is 10.9. The maximum Gasteiger partial charge on any atom is 0.161 e. The van der Waals surface area contributed by atoms with Crippen molar-refractivity contribution in [3.63, 3.8) is 0 Å². The van der Waals surface area contributed by atoms with Crippen LogP contribution in [0.25, 0.3) is 0 Å². The minimum atomic E-state index is 0.202. The van der Waals surface area contributed by atoms with Gasteiger partial charge in [-0.3, -0.25) is 9.69 Å². The summed E-state index contributed by atoms with van der Waals surface area (Å²) >= 11 is 0. The first-order valence-electron chi connectivity index (χ1n) is 9.55. The summed E-state index contributed by atoms with van der Waals surface area (Å²) in [6.07, 6.45) is 2.63. The van der Waals surface area contributed by atoms with Crippen molar-refractivity contribution in [3.05, 3.63) is 23.3 Å². The van der Waals surface area contributed by atoms with Crippen LogP contribution < -0.4 is 9.47 Å². The second kappa shape index (κ2) is 8.70. The van der Waals surface area contributed by atoms with E-state index >= 15 is 0 Å². The number of nitrogens with zero attached hydrogens (tertiary/aromatic N) is 1. The number of Topliss-reactive ketones (excluding diaryl/α,β-unsaturated/α-hetero) is 1. The highest BCUT2D eigenvalue weighted by atomic mass is 16.5. The molecule has 1 fully saturated rings. The van der Waals surface area contributed by atoms with Crippen LogP contribution in [0.4, 0.5) is 0 Å². The molecular weight excluding hydrogens is 314 g/mol. The predicted molar refractivity (Wildman–Crippen MR) is 101 cm³/mol. The van der Waals surface area contributed by atoms with Crippen LogP contribution in [0.5, 0.6) is 11.5 Å². The molecule has 0 aromatic heterocycles. The number of fused-ring (bicyclic) bond motifs is 3. The number of hydrogen-bond acceptors (Lipinski definition) is 4. The van der Waals surface area contributed by atoms with Crippen molar-refractivity contribution < 1.29 is 14.3 Å². The van der Waals surface area contributed by atoms with Gasteiger partial charge >= 0.3 is 0 Å². The fraction of sp³-hybridized carbons (Fsp3) is 0.667. The molecule has 2 aliphatic rings. The van der Waals surface area contributed by atoms with Gasteiger partial charge in [0.1, 0.15) is 5.78 Å². The highest BCUT2D eigenvalue weighted by molar-refractivity contribution is 5.83. The Labute approximate surface area is 152 Å². The van der Waals surface area contributed by atoms with Gasteiger partial charge in [-0.15, -0.1) is 0 Å². The zero-order valence-corrected chi connectivity index (χ0v) is 16.6. The van der Waals surface area contributed by atoms with Crippen LogP contribution in [0.15, 0.2) is 12.1 Å². The Balaban J connectivity index is 0.00000109. The average molecular weight is 347 g/mol. The molecule has 2 unspecified atom stereocenters. The first-order chi connectivity index (χ1) is 12.0. The van der Waals surface area contributed by atoms with Gasteiger partial charge in [-0.2, -0.15) is 0 Å². The second-order valence-corrected chi connectivity index (χ2v) is 7.16. The third kappa shape index (κ3) is 4.17. The molecule has 25 heavy (non-hydrogen) atoms. The summed E-state index contributed by atoms with van der Waals surface area (Å²) in [5.41, 5.74) is 2.53. The number of methoxy groups -OCH3 is 2. The van der Waals surface area contributed by atoms with Crippen molar-refractivity contribution in [2.45, 2.75) is 53.0 Å². The minimum absolute atomic E-state index is 0.202. The van der Waals surface area contributed by atoms with Crippen LogP contribution in [-0.2, 0) is 11.2 Å². The van der Waals surface area contributed by atoms with Gasteiger partial charge in [-0.25, -0.2) is 0 Å². The van der Waals surface area contributed by atoms with Gasteiger partial charge in [0.15, 0.2) is 11.5 Å². The van der Waals surface area contributed by atoms with Crippen LogP contribution in [0, 0.1) is 11.8 Å². The maximum absolute atomic E-state index is 12.6. The van der Waals surface area contributed by atoms with Gasteiger partial charge in [0.05, 0.1) is 14.2 Å². The third-order valence-electron chi connectivity index (χ3n) is 5.17. The molecule has 0 N–H and O–H groups in total. The lowest BCUT2D eigenvalue weighted by atomic mass is 9.80. The molecule has 140 valence electrons. The molecular formula is C21H33NO3. The standard InChI is InChI=1S/C19H27NO3.C2H6/c1-12(2)7-14-11-20-6-5-13-8-18(22-3)19(23-4)9-15(13)16(20)10-17(14)21;1-2/h8-9,12,14,16H,5-7,10-11H2,1-4H3;1-2H3. The molecule has 2 aliphatic heterocycles. The molecule has 2 atom stereocenters. The monoisotopic (exact) mass is 347 g/mol. The number of carbonyl (C=O) groups is 1. The van der Waals surface area contributed by atoms with E-state index in [9.17, 15) is 4.79 Å². The Morgan fingerprint density at radius 1 is 1.16 bits per heavy atom. The van der Waals surface area contributed by atoms with Crippen LogP contribution in [-0.4, -0.2) is 38.0 Å². The number of hydrogen-bond donors (Lipinski definition) is 0. The van der Waals surface area contributed by atoms with E-state index in [1.165, 1.54) is 11.1 Å². The zero-order chi connectivity index (χ0) is 18.6. The summed E-state index contributed by atoms with van der Waals surface area (Å²) in [5.74, 6) is 2.72. The fourth-order valence-corrected chi connectivity index (χ4v) is 4.05. The molecule has 3 rings (SSSR count). The molecule has 0 bridgehead atoms. The SMILES string of the molecule is CC.COc1cc2c(cc1OC)C1CC(=O)C(CC(C)C)CN1CC2. The number of ether oxygens (including phenoxy) is 2. The largest absolute Gasteiger partial charge is 0.493 e. The number of carbonyl (C=O) groups excluding carboxylic acids is 1. The van der Waals surface area contributed by atoms with Crippen LogP contribution in [0.3, 0.4) is 0 Å². The normalized spacial score (nSPS) is 22.6. The lowest BCUT2D eigenvalue weighted by Gasteiger charge is -2.43. The van der Waals surface area contributed by atoms with Crippen LogP contribution in [0.2, 0.25) is 0 Å². The number of piperidine rings is 1. The Morgan fingerprint density at radius 3 is 2.40 bits per heavy atom. The Morgan fingerprint density at radius 2 is 1.80 bits per heavy atom. The van der Waals surface area contributed by atoms with E-state index < -0.39 is 0 Å². The van der Waals surface area contributed by atoms with Crippen molar-refractivity contribution in [2.75, 3.05) is 27.3 Å². The van der Waals surface area contributed by atoms with Gasteiger partial charge in [0, 0.05) is 31.5 Å². The lowest BCUT2D eigenvalue weighted by molar-refractivity contribution is -0.129. The van der Waals surface area contributed by atoms with Crippen molar-refractivity contribution in [1.29, 1.82) is 0 Å². The van der Waals surface area contributed by atoms with Gasteiger partial charge in [-0.05, 0) is 42.0 Å². The molecule has 4 heteroatoms. The fourth-order valence-electron chi connectivity index (χ4n) is 4.05. The average Bonchev–Trinajstić information content (AvgIpc) is 2.62. The topological polar surface area (TPSA) is 38.8 Å². The van der Waals surface area contributed by atoms with Crippen LogP contribution >= 0.6 is 0 Å². The van der Waals surface area contributed by atoms with Gasteiger partial charge < -0.3 is 9.47 Å². The molecule has 1 aromatic carbocycles. The summed E-state index contributed by atoms with van der Waals surface area (Å²) in [6, 6.07) is 4.35. The highest BCUT2D eigenvalue weighted by Crippen LogP contribution is 2.42. The lowest BCUT2D eigenvalue weighted by Crippen LogP contribution is -2.46. The maximum atomic E-state index is 12.6. The third-order valence-corrected chi connectivity index (χ3v) is 5.17. The van der Waals surface area contributed by atoms with E-state index in [0.717, 1.165) is 37.4 Å². The Hall–Kier alpha value is -1.55. The Bertz CT molecular complexity index is 597. The molecule has 0 amide bonds. The first-order valence-corrected chi connectivity index (χ1v) is 9.55. The molecule has 1 aromatic rings. The Kier molecular flexibility index (Phi) is 6.88. The summed E-state index contributed by atoms with van der Waals surface area (Å²) in [6.45, 7) is 10.3. The van der Waals surface area contributed by atoms with Crippen molar-refractivity contribution >= 4 is 5.78 Å². The molecule has 2 heterocycles. The van der Waals surface area contributed by atoms with E-state index in [1.807, 2.05) is 13.8 Å². The van der Waals surface area contributed by atoms with E-state index in [1.54, 1.807) is 14.2 Å². The minimum Gasteiger partial charge on any atom is -0.493 e. The first kappa shape index (κ1) is 19.8. The zero-order valence-electron chi connectivity index (χ0n) is 16.6. The molecule has 0 spiro atoms. The van der Waals surface area contributed by atoms with Crippen molar-refractivity contribution in [3.8, 4) is 11.5 Å². The molecule has 0 aliphatic carbocycles. The van der Waals surface area contributed by atoms with E-state index in [-0.39, 0.29) is 12.0 Å². The van der Waals surface area contributed by atoms with Gasteiger partial charge in [-0.1, -0.05) is 27.7 Å². The number of rotatable bonds is 4. The number of benzene rings is 1. The highest BCUT2D eigenvalue weighted by Gasteiger charge is 2.38. The smallest absolute Gasteiger partial charge is 0.161 e. The molecule has 4 nitrogen and oxygen atoms in total. The van der Waals surface area contributed by atoms with Crippen LogP contribution in [0.1, 0.15) is 57.7 Å². The van der Waals surface area contributed by atoms with Gasteiger partial charge in [0.2, 0.25) is 0 Å². The molecule has 0 radical (unpaired) electrons. The van der Waals surface area contributed by atoms with E-state index in [0.29, 0.717) is 18.1 Å². The summed E-state index contributed by atoms with van der Waals surface area (Å²) in [7, 11) is 3.33. The van der Waals surface area contributed by atoms with Crippen molar-refractivity contribution in [2.24, 2.45) is 11.8 Å². The van der Waals surface area contributed by atoms with Crippen molar-refractivity contribution in [1.82, 2.24) is 4.90 Å². The second-order valence-electron chi connectivity index (χ2n) is 7.16. The number of ketones is 1. The summed E-state index contributed by atoms with van der Waals surface area (Å²) in [4.78, 5) is 15.1. The molecule has 1 saturated heterocycles.